The van der Waals surface area contributed by atoms with Crippen LogP contribution in [0, 0.1) is 11.3 Å². The monoisotopic (exact) mass is 242 g/mol. The molecule has 1 aromatic rings. The standard InChI is InChI=1S/C18H26/c1-16(15-18(2,3)4)11-7-5-8-12-17-13-9-6-10-14-17/h5-10,12-14,16H,11,15H2,1-4H3/b7-5+,12-8+. The van der Waals surface area contributed by atoms with Crippen LogP contribution in [0.3, 0.4) is 0 Å². The summed E-state index contributed by atoms with van der Waals surface area (Å²) in [5.74, 6) is 0.756. The molecule has 0 saturated heterocycles. The van der Waals surface area contributed by atoms with E-state index in [0.717, 1.165) is 12.3 Å². The third-order valence-electron chi connectivity index (χ3n) is 2.83. The van der Waals surface area contributed by atoms with Gasteiger partial charge in [0, 0.05) is 0 Å². The van der Waals surface area contributed by atoms with Crippen LogP contribution < -0.4 is 0 Å². The molecule has 98 valence electrons. The van der Waals surface area contributed by atoms with Gasteiger partial charge in [-0.25, -0.2) is 0 Å². The van der Waals surface area contributed by atoms with E-state index in [2.05, 4.69) is 76.3 Å². The van der Waals surface area contributed by atoms with Crippen LogP contribution in [0.15, 0.2) is 48.6 Å². The third kappa shape index (κ3) is 7.11. The van der Waals surface area contributed by atoms with Crippen LogP contribution in [0.2, 0.25) is 0 Å². The van der Waals surface area contributed by atoms with Gasteiger partial charge in [0.15, 0.2) is 0 Å². The molecule has 0 nitrogen and oxygen atoms in total. The summed E-state index contributed by atoms with van der Waals surface area (Å²) in [5.41, 5.74) is 1.69. The first-order valence-corrected chi connectivity index (χ1v) is 6.86. The van der Waals surface area contributed by atoms with Crippen LogP contribution in [0.5, 0.6) is 0 Å². The van der Waals surface area contributed by atoms with Gasteiger partial charge in [-0.15, -0.1) is 0 Å². The lowest BCUT2D eigenvalue weighted by Crippen LogP contribution is -2.10. The lowest BCUT2D eigenvalue weighted by atomic mass is 9.84. The highest BCUT2D eigenvalue weighted by molar-refractivity contribution is 5.50. The largest absolute Gasteiger partial charge is 0.0843 e. The van der Waals surface area contributed by atoms with E-state index in [-0.39, 0.29) is 0 Å². The van der Waals surface area contributed by atoms with Gasteiger partial charge in [0.2, 0.25) is 0 Å². The van der Waals surface area contributed by atoms with Crippen LogP contribution in [0.1, 0.15) is 46.1 Å². The molecule has 1 aromatic carbocycles. The Balaban J connectivity index is 2.31. The maximum absolute atomic E-state index is 2.33. The zero-order chi connectivity index (χ0) is 13.4. The molecule has 0 fully saturated rings. The van der Waals surface area contributed by atoms with E-state index in [9.17, 15) is 0 Å². The lowest BCUT2D eigenvalue weighted by Gasteiger charge is -2.22. The maximum Gasteiger partial charge on any atom is -0.0257 e. The second-order valence-corrected chi connectivity index (χ2v) is 6.30. The van der Waals surface area contributed by atoms with Crippen LogP contribution in [0.4, 0.5) is 0 Å². The quantitative estimate of drug-likeness (QED) is 0.579. The Bertz CT molecular complexity index is 376. The van der Waals surface area contributed by atoms with E-state index >= 15 is 0 Å². The molecule has 0 amide bonds. The summed E-state index contributed by atoms with van der Waals surface area (Å²) in [7, 11) is 0. The first-order chi connectivity index (χ1) is 8.47. The Hall–Kier alpha value is -1.30. The molecular weight excluding hydrogens is 216 g/mol. The molecule has 0 radical (unpaired) electrons. The van der Waals surface area contributed by atoms with Crippen molar-refractivity contribution in [3.05, 3.63) is 54.1 Å². The SMILES string of the molecule is CC(C/C=C/C=C/c1ccccc1)CC(C)(C)C. The van der Waals surface area contributed by atoms with E-state index in [1.54, 1.807) is 0 Å². The Morgan fingerprint density at radius 1 is 1.06 bits per heavy atom. The van der Waals surface area contributed by atoms with Crippen LogP contribution in [0.25, 0.3) is 6.08 Å². The summed E-state index contributed by atoms with van der Waals surface area (Å²) < 4.78 is 0. The smallest absolute Gasteiger partial charge is 0.0257 e. The molecule has 0 aliphatic heterocycles. The number of allylic oxidation sites excluding steroid dienone is 3. The van der Waals surface area contributed by atoms with Crippen molar-refractivity contribution in [3.63, 3.8) is 0 Å². The minimum Gasteiger partial charge on any atom is -0.0843 e. The molecule has 0 aliphatic carbocycles. The van der Waals surface area contributed by atoms with E-state index in [4.69, 9.17) is 0 Å². The number of hydrogen-bond donors (Lipinski definition) is 0. The summed E-state index contributed by atoms with van der Waals surface area (Å²) in [6.07, 6.45) is 11.1. The van der Waals surface area contributed by atoms with Crippen LogP contribution in [-0.4, -0.2) is 0 Å². The van der Waals surface area contributed by atoms with Crippen LogP contribution >= 0.6 is 0 Å². The number of benzene rings is 1. The fourth-order valence-electron chi connectivity index (χ4n) is 2.25. The van der Waals surface area contributed by atoms with Gasteiger partial charge in [-0.2, -0.15) is 0 Å². The molecule has 0 aliphatic rings. The van der Waals surface area contributed by atoms with Gasteiger partial charge in [-0.05, 0) is 29.7 Å². The molecule has 0 saturated carbocycles. The molecule has 0 spiro atoms. The predicted molar refractivity (Wildman–Crippen MR) is 82.5 cm³/mol. The van der Waals surface area contributed by atoms with E-state index < -0.39 is 0 Å². The molecule has 1 unspecified atom stereocenters. The second kappa shape index (κ2) is 7.20. The third-order valence-corrected chi connectivity index (χ3v) is 2.83. The lowest BCUT2D eigenvalue weighted by molar-refractivity contribution is 0.308. The number of rotatable bonds is 5. The first kappa shape index (κ1) is 14.8. The molecule has 1 rings (SSSR count). The van der Waals surface area contributed by atoms with Crippen LogP contribution in [-0.2, 0) is 0 Å². The van der Waals surface area contributed by atoms with Gasteiger partial charge in [-0.1, -0.05) is 82.3 Å². The van der Waals surface area contributed by atoms with Crippen molar-refractivity contribution in [1.29, 1.82) is 0 Å². The average molecular weight is 242 g/mol. The van der Waals surface area contributed by atoms with Gasteiger partial charge < -0.3 is 0 Å². The average Bonchev–Trinajstić information content (AvgIpc) is 2.27. The van der Waals surface area contributed by atoms with Crippen molar-refractivity contribution >= 4 is 6.08 Å². The zero-order valence-electron chi connectivity index (χ0n) is 12.2. The summed E-state index contributed by atoms with van der Waals surface area (Å²) in [4.78, 5) is 0. The van der Waals surface area contributed by atoms with E-state index in [1.807, 2.05) is 6.07 Å². The molecule has 18 heavy (non-hydrogen) atoms. The molecule has 0 N–H and O–H groups in total. The van der Waals surface area contributed by atoms with E-state index in [0.29, 0.717) is 5.41 Å². The normalized spacial score (nSPS) is 14.4. The van der Waals surface area contributed by atoms with Gasteiger partial charge in [0.25, 0.3) is 0 Å². The molecular formula is C18H26. The van der Waals surface area contributed by atoms with Crippen molar-refractivity contribution in [1.82, 2.24) is 0 Å². The van der Waals surface area contributed by atoms with Gasteiger partial charge in [0.1, 0.15) is 0 Å². The second-order valence-electron chi connectivity index (χ2n) is 6.30. The molecule has 0 heteroatoms. The zero-order valence-corrected chi connectivity index (χ0v) is 12.2. The van der Waals surface area contributed by atoms with E-state index in [1.165, 1.54) is 12.0 Å². The van der Waals surface area contributed by atoms with Crippen molar-refractivity contribution in [3.8, 4) is 0 Å². The summed E-state index contributed by atoms with van der Waals surface area (Å²) in [6.45, 7) is 9.25. The van der Waals surface area contributed by atoms with Crippen molar-refractivity contribution in [2.24, 2.45) is 11.3 Å². The van der Waals surface area contributed by atoms with Gasteiger partial charge in [0.05, 0.1) is 0 Å². The summed E-state index contributed by atoms with van der Waals surface area (Å²) in [6, 6.07) is 10.4. The van der Waals surface area contributed by atoms with Crippen molar-refractivity contribution < 1.29 is 0 Å². The summed E-state index contributed by atoms with van der Waals surface area (Å²) in [5, 5.41) is 0. The molecule has 0 bridgehead atoms. The molecule has 1 atom stereocenters. The predicted octanol–water partition coefficient (Wildman–Crippen LogP) is 5.72. The highest BCUT2D eigenvalue weighted by Gasteiger charge is 2.13. The minimum absolute atomic E-state index is 0.438. The van der Waals surface area contributed by atoms with Gasteiger partial charge >= 0.3 is 0 Å². The first-order valence-electron chi connectivity index (χ1n) is 6.86. The Labute approximate surface area is 112 Å². The molecule has 0 aromatic heterocycles. The maximum atomic E-state index is 2.33. The minimum atomic E-state index is 0.438. The fourth-order valence-corrected chi connectivity index (χ4v) is 2.25. The van der Waals surface area contributed by atoms with Crippen molar-refractivity contribution in [2.45, 2.75) is 40.5 Å². The highest BCUT2D eigenvalue weighted by atomic mass is 14.2. The number of hydrogen-bond acceptors (Lipinski definition) is 0. The van der Waals surface area contributed by atoms with Crippen molar-refractivity contribution in [2.75, 3.05) is 0 Å². The highest BCUT2D eigenvalue weighted by Crippen LogP contribution is 2.25. The topological polar surface area (TPSA) is 0 Å². The Kier molecular flexibility index (Phi) is 5.91. The molecule has 0 heterocycles. The Morgan fingerprint density at radius 3 is 2.33 bits per heavy atom. The Morgan fingerprint density at radius 2 is 1.72 bits per heavy atom. The van der Waals surface area contributed by atoms with Gasteiger partial charge in [-0.3, -0.25) is 0 Å². The fraction of sp³-hybridized carbons (Fsp3) is 0.444. The summed E-state index contributed by atoms with van der Waals surface area (Å²) >= 11 is 0.